The molecule has 6 heteroatoms. The van der Waals surface area contributed by atoms with Gasteiger partial charge in [0.15, 0.2) is 5.58 Å². The fourth-order valence-corrected chi connectivity index (χ4v) is 1.81. The molecular weight excluding hydrogens is 248 g/mol. The fraction of sp³-hybridized carbons (Fsp3) is 0.308. The predicted octanol–water partition coefficient (Wildman–Crippen LogP) is 1.07. The monoisotopic (exact) mass is 262 g/mol. The van der Waals surface area contributed by atoms with Crippen LogP contribution in [0.2, 0.25) is 0 Å². The Hall–Kier alpha value is -2.37. The van der Waals surface area contributed by atoms with Gasteiger partial charge in [0.2, 0.25) is 5.91 Å². The zero-order valence-corrected chi connectivity index (χ0v) is 11.0. The summed E-state index contributed by atoms with van der Waals surface area (Å²) < 4.78 is 6.44. The number of anilines is 1. The minimum atomic E-state index is -0.454. The van der Waals surface area contributed by atoms with E-state index in [0.29, 0.717) is 16.8 Å². The Morgan fingerprint density at radius 2 is 2.05 bits per heavy atom. The third-order valence-electron chi connectivity index (χ3n) is 2.94. The molecule has 100 valence electrons. The summed E-state index contributed by atoms with van der Waals surface area (Å²) in [4.78, 5) is 35.4. The molecule has 0 fully saturated rings. The van der Waals surface area contributed by atoms with Crippen molar-refractivity contribution in [1.29, 1.82) is 0 Å². The first kappa shape index (κ1) is 13.1. The number of aryl methyl sites for hydroxylation is 1. The molecule has 0 bridgehead atoms. The van der Waals surface area contributed by atoms with Crippen molar-refractivity contribution < 1.29 is 14.0 Å². The summed E-state index contributed by atoms with van der Waals surface area (Å²) in [5, 5.41) is 0. The third-order valence-corrected chi connectivity index (χ3v) is 2.94. The molecule has 6 nitrogen and oxygen atoms in total. The molecule has 19 heavy (non-hydrogen) atoms. The number of Topliss-reactive ketones (excluding diaryl/α,β-unsaturated/α-hetero) is 1. The highest BCUT2D eigenvalue weighted by Gasteiger charge is 2.15. The van der Waals surface area contributed by atoms with Crippen molar-refractivity contribution in [3.8, 4) is 0 Å². The molecule has 0 spiro atoms. The van der Waals surface area contributed by atoms with E-state index in [1.54, 1.807) is 32.3 Å². The average Bonchev–Trinajstić information content (AvgIpc) is 2.63. The Balaban J connectivity index is 2.38. The Morgan fingerprint density at radius 3 is 2.68 bits per heavy atom. The van der Waals surface area contributed by atoms with Gasteiger partial charge < -0.3 is 9.32 Å². The Labute approximate surface area is 109 Å². The van der Waals surface area contributed by atoms with Gasteiger partial charge in [-0.1, -0.05) is 0 Å². The van der Waals surface area contributed by atoms with Crippen LogP contribution in [0.25, 0.3) is 11.1 Å². The maximum Gasteiger partial charge on any atom is 0.419 e. The number of carbonyl (C=O) groups is 2. The first-order valence-corrected chi connectivity index (χ1v) is 5.75. The summed E-state index contributed by atoms with van der Waals surface area (Å²) in [6, 6.07) is 5.01. The number of aromatic nitrogens is 1. The number of amides is 1. The molecule has 1 aromatic carbocycles. The zero-order valence-electron chi connectivity index (χ0n) is 11.0. The van der Waals surface area contributed by atoms with Gasteiger partial charge in [0.25, 0.3) is 0 Å². The molecule has 1 aromatic heterocycles. The van der Waals surface area contributed by atoms with Crippen molar-refractivity contribution in [2.24, 2.45) is 7.05 Å². The van der Waals surface area contributed by atoms with E-state index in [2.05, 4.69) is 0 Å². The van der Waals surface area contributed by atoms with E-state index in [0.717, 1.165) is 0 Å². The lowest BCUT2D eigenvalue weighted by Gasteiger charge is -2.16. The molecule has 0 atom stereocenters. The minimum Gasteiger partial charge on any atom is -0.408 e. The molecule has 0 radical (unpaired) electrons. The number of hydrogen-bond acceptors (Lipinski definition) is 4. The summed E-state index contributed by atoms with van der Waals surface area (Å²) in [5.41, 5.74) is 1.64. The molecule has 2 aromatic rings. The SMILES string of the molecule is CC(=O)CC(=O)N(C)c1ccc2c(c1)oc(=O)n2C. The highest BCUT2D eigenvalue weighted by Crippen LogP contribution is 2.20. The topological polar surface area (TPSA) is 72.5 Å². The zero-order chi connectivity index (χ0) is 14.2. The highest BCUT2D eigenvalue weighted by atomic mass is 16.4. The molecular formula is C13H14N2O4. The molecule has 0 N–H and O–H groups in total. The summed E-state index contributed by atoms with van der Waals surface area (Å²) in [6.45, 7) is 1.37. The van der Waals surface area contributed by atoms with Crippen molar-refractivity contribution >= 4 is 28.5 Å². The van der Waals surface area contributed by atoms with Crippen molar-refractivity contribution in [2.75, 3.05) is 11.9 Å². The fourth-order valence-electron chi connectivity index (χ4n) is 1.81. The lowest BCUT2D eigenvalue weighted by molar-refractivity contribution is -0.125. The van der Waals surface area contributed by atoms with Crippen LogP contribution in [0.4, 0.5) is 5.69 Å². The van der Waals surface area contributed by atoms with Crippen LogP contribution in [-0.2, 0) is 16.6 Å². The highest BCUT2D eigenvalue weighted by molar-refractivity contribution is 6.05. The number of oxazole rings is 1. The molecule has 0 aliphatic rings. The van der Waals surface area contributed by atoms with E-state index in [1.807, 2.05) is 0 Å². The molecule has 0 aliphatic carbocycles. The van der Waals surface area contributed by atoms with E-state index in [1.165, 1.54) is 16.4 Å². The minimum absolute atomic E-state index is 0.146. The second-order valence-corrected chi connectivity index (χ2v) is 4.41. The Morgan fingerprint density at radius 1 is 1.37 bits per heavy atom. The molecule has 1 amide bonds. The quantitative estimate of drug-likeness (QED) is 0.776. The number of rotatable bonds is 3. The van der Waals surface area contributed by atoms with Gasteiger partial charge in [-0.3, -0.25) is 14.2 Å². The maximum absolute atomic E-state index is 11.8. The summed E-state index contributed by atoms with van der Waals surface area (Å²) in [7, 11) is 3.19. The third kappa shape index (κ3) is 2.42. The Kier molecular flexibility index (Phi) is 3.25. The number of ketones is 1. The van der Waals surface area contributed by atoms with Crippen molar-refractivity contribution in [3.63, 3.8) is 0 Å². The van der Waals surface area contributed by atoms with E-state index < -0.39 is 5.76 Å². The van der Waals surface area contributed by atoms with Gasteiger partial charge >= 0.3 is 5.76 Å². The summed E-state index contributed by atoms with van der Waals surface area (Å²) in [6.07, 6.45) is -0.146. The number of fused-ring (bicyclic) bond motifs is 1. The average molecular weight is 262 g/mol. The summed E-state index contributed by atoms with van der Waals surface area (Å²) >= 11 is 0. The lowest BCUT2D eigenvalue weighted by Crippen LogP contribution is -2.27. The van der Waals surface area contributed by atoms with Crippen LogP contribution in [-0.4, -0.2) is 23.3 Å². The molecule has 0 aliphatic heterocycles. The first-order valence-electron chi connectivity index (χ1n) is 5.75. The van der Waals surface area contributed by atoms with Crippen LogP contribution in [0.1, 0.15) is 13.3 Å². The molecule has 0 saturated carbocycles. The van der Waals surface area contributed by atoms with Gasteiger partial charge in [0.05, 0.1) is 11.9 Å². The van der Waals surface area contributed by atoms with Crippen LogP contribution in [0.15, 0.2) is 27.4 Å². The molecule has 1 heterocycles. The first-order chi connectivity index (χ1) is 8.90. The van der Waals surface area contributed by atoms with Gasteiger partial charge in [-0.15, -0.1) is 0 Å². The standard InChI is InChI=1S/C13H14N2O4/c1-8(16)6-12(17)14(2)9-4-5-10-11(7-9)19-13(18)15(10)3/h4-5,7H,6H2,1-3H3. The number of carbonyl (C=O) groups excluding carboxylic acids is 2. The Bertz CT molecular complexity index is 711. The second kappa shape index (κ2) is 4.72. The molecule has 0 saturated heterocycles. The molecule has 2 rings (SSSR count). The smallest absolute Gasteiger partial charge is 0.408 e. The van der Waals surface area contributed by atoms with Crippen LogP contribution in [0.5, 0.6) is 0 Å². The van der Waals surface area contributed by atoms with Crippen molar-refractivity contribution in [1.82, 2.24) is 4.57 Å². The van der Waals surface area contributed by atoms with Crippen LogP contribution >= 0.6 is 0 Å². The number of hydrogen-bond donors (Lipinski definition) is 0. The van der Waals surface area contributed by atoms with E-state index >= 15 is 0 Å². The van der Waals surface area contributed by atoms with Crippen LogP contribution in [0, 0.1) is 0 Å². The normalized spacial score (nSPS) is 10.7. The van der Waals surface area contributed by atoms with Gasteiger partial charge in [-0.25, -0.2) is 4.79 Å². The number of nitrogens with zero attached hydrogens (tertiary/aromatic N) is 2. The predicted molar refractivity (Wildman–Crippen MR) is 70.2 cm³/mol. The lowest BCUT2D eigenvalue weighted by atomic mass is 10.2. The van der Waals surface area contributed by atoms with Crippen molar-refractivity contribution in [3.05, 3.63) is 28.7 Å². The van der Waals surface area contributed by atoms with Crippen LogP contribution in [0.3, 0.4) is 0 Å². The van der Waals surface area contributed by atoms with Crippen LogP contribution < -0.4 is 10.7 Å². The van der Waals surface area contributed by atoms with Gasteiger partial charge in [-0.2, -0.15) is 0 Å². The van der Waals surface area contributed by atoms with Gasteiger partial charge in [-0.05, 0) is 19.1 Å². The number of benzene rings is 1. The van der Waals surface area contributed by atoms with E-state index in [4.69, 9.17) is 4.42 Å². The maximum atomic E-state index is 11.8. The van der Waals surface area contributed by atoms with E-state index in [-0.39, 0.29) is 18.1 Å². The van der Waals surface area contributed by atoms with E-state index in [9.17, 15) is 14.4 Å². The van der Waals surface area contributed by atoms with Gasteiger partial charge in [0, 0.05) is 25.8 Å². The largest absolute Gasteiger partial charge is 0.419 e. The van der Waals surface area contributed by atoms with Gasteiger partial charge in [0.1, 0.15) is 5.78 Å². The molecule has 0 unspecified atom stereocenters. The van der Waals surface area contributed by atoms with Crippen molar-refractivity contribution in [2.45, 2.75) is 13.3 Å². The summed E-state index contributed by atoms with van der Waals surface area (Å²) in [5.74, 6) is -0.945. The second-order valence-electron chi connectivity index (χ2n) is 4.41.